The van der Waals surface area contributed by atoms with Crippen molar-refractivity contribution in [3.05, 3.63) is 24.3 Å². The molecule has 0 saturated carbocycles. The second kappa shape index (κ2) is 3.69. The van der Waals surface area contributed by atoms with Crippen LogP contribution >= 0.6 is 0 Å². The normalized spacial score (nSPS) is 19.9. The van der Waals surface area contributed by atoms with Crippen molar-refractivity contribution < 1.29 is 17.0 Å². The monoisotopic (exact) mass is 231 g/mol. The highest BCUT2D eigenvalue weighted by atomic mass is 32.3. The van der Waals surface area contributed by atoms with Gasteiger partial charge in [0.05, 0.1) is 12.2 Å². The van der Waals surface area contributed by atoms with Gasteiger partial charge < -0.3 is 10.1 Å². The quantitative estimate of drug-likeness (QED) is 0.776. The number of hydrogen-bond donors (Lipinski definition) is 1. The summed E-state index contributed by atoms with van der Waals surface area (Å²) >= 11 is 0. The fraction of sp³-hybridized carbons (Fsp3) is 0.333. The molecule has 0 saturated heterocycles. The zero-order valence-corrected chi connectivity index (χ0v) is 8.63. The van der Waals surface area contributed by atoms with E-state index in [2.05, 4.69) is 5.32 Å². The molecular weight excluding hydrogens is 221 g/mol. The lowest BCUT2D eigenvalue weighted by Crippen LogP contribution is -2.35. The fourth-order valence-electron chi connectivity index (χ4n) is 1.48. The Hall–Kier alpha value is -1.30. The molecule has 2 rings (SSSR count). The van der Waals surface area contributed by atoms with Crippen LogP contribution in [-0.2, 0) is 10.2 Å². The van der Waals surface area contributed by atoms with E-state index in [9.17, 15) is 12.3 Å². The third kappa shape index (κ3) is 2.59. The molecule has 1 aliphatic rings. The number of ether oxygens (including phenoxy) is 1. The van der Waals surface area contributed by atoms with Crippen molar-refractivity contribution in [2.24, 2.45) is 0 Å². The SMILES string of the molecule is O=S(=O)(F)CC1CNc2ccccc2O1. The van der Waals surface area contributed by atoms with Crippen LogP contribution < -0.4 is 10.1 Å². The summed E-state index contributed by atoms with van der Waals surface area (Å²) in [6.07, 6.45) is -0.671. The largest absolute Gasteiger partial charge is 0.485 e. The van der Waals surface area contributed by atoms with Gasteiger partial charge in [-0.05, 0) is 12.1 Å². The lowest BCUT2D eigenvalue weighted by Gasteiger charge is -2.26. The van der Waals surface area contributed by atoms with E-state index in [-0.39, 0.29) is 0 Å². The molecule has 1 aromatic carbocycles. The number of anilines is 1. The van der Waals surface area contributed by atoms with Gasteiger partial charge in [0.25, 0.3) is 0 Å². The van der Waals surface area contributed by atoms with Crippen LogP contribution in [0.1, 0.15) is 0 Å². The maximum atomic E-state index is 12.4. The van der Waals surface area contributed by atoms with E-state index >= 15 is 0 Å². The van der Waals surface area contributed by atoms with Crippen LogP contribution in [0, 0.1) is 0 Å². The summed E-state index contributed by atoms with van der Waals surface area (Å²) in [5.74, 6) is -0.0636. The van der Waals surface area contributed by atoms with Crippen molar-refractivity contribution >= 4 is 15.9 Å². The molecule has 0 aliphatic carbocycles. The second-order valence-electron chi connectivity index (χ2n) is 3.32. The molecule has 0 spiro atoms. The lowest BCUT2D eigenvalue weighted by atomic mass is 10.2. The predicted molar refractivity (Wildman–Crippen MR) is 54.2 cm³/mol. The molecule has 0 radical (unpaired) electrons. The Morgan fingerprint density at radius 1 is 1.47 bits per heavy atom. The van der Waals surface area contributed by atoms with E-state index in [0.29, 0.717) is 12.3 Å². The fourth-order valence-corrected chi connectivity index (χ4v) is 2.11. The molecule has 1 aliphatic heterocycles. The standard InChI is InChI=1S/C9H10FNO3S/c10-15(12,13)6-7-5-11-8-3-1-2-4-9(8)14-7/h1-4,7,11H,5-6H2. The summed E-state index contributed by atoms with van der Waals surface area (Å²) in [4.78, 5) is 0. The first kappa shape index (κ1) is 10.2. The Morgan fingerprint density at radius 2 is 2.20 bits per heavy atom. The highest BCUT2D eigenvalue weighted by molar-refractivity contribution is 7.86. The van der Waals surface area contributed by atoms with E-state index in [0.717, 1.165) is 5.69 Å². The molecule has 4 nitrogen and oxygen atoms in total. The number of rotatable bonds is 2. The van der Waals surface area contributed by atoms with Crippen molar-refractivity contribution in [1.82, 2.24) is 0 Å². The topological polar surface area (TPSA) is 55.4 Å². The van der Waals surface area contributed by atoms with Gasteiger partial charge in [-0.2, -0.15) is 8.42 Å². The maximum Gasteiger partial charge on any atom is 0.306 e. The van der Waals surface area contributed by atoms with Gasteiger partial charge in [0.2, 0.25) is 0 Å². The molecular formula is C9H10FNO3S. The molecule has 0 amide bonds. The van der Waals surface area contributed by atoms with Crippen molar-refractivity contribution in [2.75, 3.05) is 17.6 Å². The van der Waals surface area contributed by atoms with Crippen LogP contribution in [-0.4, -0.2) is 26.8 Å². The van der Waals surface area contributed by atoms with Crippen molar-refractivity contribution in [2.45, 2.75) is 6.10 Å². The molecule has 1 N–H and O–H groups in total. The smallest absolute Gasteiger partial charge is 0.306 e. The summed E-state index contributed by atoms with van der Waals surface area (Å²) in [7, 11) is -4.49. The summed E-state index contributed by atoms with van der Waals surface area (Å²) in [6.45, 7) is 0.292. The highest BCUT2D eigenvalue weighted by Crippen LogP contribution is 2.28. The van der Waals surface area contributed by atoms with E-state index < -0.39 is 22.1 Å². The Morgan fingerprint density at radius 3 is 2.93 bits per heavy atom. The number of para-hydroxylation sites is 2. The second-order valence-corrected chi connectivity index (χ2v) is 4.73. The summed E-state index contributed by atoms with van der Waals surface area (Å²) in [5, 5.41) is 2.98. The summed E-state index contributed by atoms with van der Waals surface area (Å²) in [5.41, 5.74) is 0.796. The number of halogens is 1. The van der Waals surface area contributed by atoms with Crippen LogP contribution in [0.4, 0.5) is 9.57 Å². The molecule has 1 aromatic rings. The van der Waals surface area contributed by atoms with E-state index in [1.807, 2.05) is 12.1 Å². The Kier molecular flexibility index (Phi) is 2.52. The summed E-state index contributed by atoms with van der Waals surface area (Å²) in [6, 6.07) is 7.13. The van der Waals surface area contributed by atoms with Gasteiger partial charge in [0, 0.05) is 0 Å². The summed E-state index contributed by atoms with van der Waals surface area (Å²) < 4.78 is 38.6. The van der Waals surface area contributed by atoms with Crippen LogP contribution in [0.25, 0.3) is 0 Å². The maximum absolute atomic E-state index is 12.4. The molecule has 0 fully saturated rings. The van der Waals surface area contributed by atoms with Crippen LogP contribution in [0.2, 0.25) is 0 Å². The molecule has 1 unspecified atom stereocenters. The van der Waals surface area contributed by atoms with Crippen molar-refractivity contribution in [1.29, 1.82) is 0 Å². The predicted octanol–water partition coefficient (Wildman–Crippen LogP) is 1.16. The number of benzene rings is 1. The third-order valence-electron chi connectivity index (χ3n) is 2.09. The van der Waals surface area contributed by atoms with E-state index in [1.54, 1.807) is 12.1 Å². The molecule has 1 atom stereocenters. The van der Waals surface area contributed by atoms with Crippen LogP contribution in [0.5, 0.6) is 5.75 Å². The number of hydrogen-bond acceptors (Lipinski definition) is 4. The lowest BCUT2D eigenvalue weighted by molar-refractivity contribution is 0.227. The van der Waals surface area contributed by atoms with Gasteiger partial charge in [-0.25, -0.2) is 0 Å². The van der Waals surface area contributed by atoms with E-state index in [4.69, 9.17) is 4.74 Å². The molecule has 0 aromatic heterocycles. The van der Waals surface area contributed by atoms with E-state index in [1.165, 1.54) is 0 Å². The minimum atomic E-state index is -4.49. The first-order valence-electron chi connectivity index (χ1n) is 4.46. The van der Waals surface area contributed by atoms with Gasteiger partial charge in [-0.3, -0.25) is 0 Å². The minimum absolute atomic E-state index is 0.292. The van der Waals surface area contributed by atoms with Gasteiger partial charge >= 0.3 is 10.2 Å². The van der Waals surface area contributed by atoms with Gasteiger partial charge in [-0.15, -0.1) is 3.89 Å². The van der Waals surface area contributed by atoms with Gasteiger partial charge in [0.1, 0.15) is 17.6 Å². The van der Waals surface area contributed by atoms with Crippen LogP contribution in [0.15, 0.2) is 24.3 Å². The van der Waals surface area contributed by atoms with Gasteiger partial charge in [-0.1, -0.05) is 12.1 Å². The average molecular weight is 231 g/mol. The Labute approximate surface area is 87.3 Å². The first-order valence-corrected chi connectivity index (χ1v) is 6.02. The first-order chi connectivity index (χ1) is 7.04. The number of nitrogens with one attached hydrogen (secondary N) is 1. The highest BCUT2D eigenvalue weighted by Gasteiger charge is 2.24. The van der Waals surface area contributed by atoms with Crippen molar-refractivity contribution in [3.8, 4) is 5.75 Å². The minimum Gasteiger partial charge on any atom is -0.485 e. The van der Waals surface area contributed by atoms with Crippen LogP contribution in [0.3, 0.4) is 0 Å². The molecule has 6 heteroatoms. The molecule has 82 valence electrons. The molecule has 1 heterocycles. The van der Waals surface area contributed by atoms with Crippen molar-refractivity contribution in [3.63, 3.8) is 0 Å². The average Bonchev–Trinajstić information content (AvgIpc) is 2.15. The Bertz CT molecular complexity index is 460. The Balaban J connectivity index is 2.12. The zero-order chi connectivity index (χ0) is 10.9. The van der Waals surface area contributed by atoms with Gasteiger partial charge in [0.15, 0.2) is 0 Å². The number of fused-ring (bicyclic) bond motifs is 1. The third-order valence-corrected chi connectivity index (χ3v) is 2.86. The zero-order valence-electron chi connectivity index (χ0n) is 7.81. The molecule has 15 heavy (non-hydrogen) atoms. The molecule has 0 bridgehead atoms.